The molecule has 1 aromatic carbocycles. The van der Waals surface area contributed by atoms with E-state index in [0.29, 0.717) is 17.5 Å². The Morgan fingerprint density at radius 2 is 2.12 bits per heavy atom. The van der Waals surface area contributed by atoms with Crippen LogP contribution in [0.3, 0.4) is 0 Å². The van der Waals surface area contributed by atoms with Crippen LogP contribution in [0.2, 0.25) is 0 Å². The van der Waals surface area contributed by atoms with Crippen molar-refractivity contribution in [2.45, 2.75) is 31.8 Å². The van der Waals surface area contributed by atoms with E-state index in [1.807, 2.05) is 31.3 Å². The lowest BCUT2D eigenvalue weighted by Gasteiger charge is -2.18. The van der Waals surface area contributed by atoms with Gasteiger partial charge in [0.2, 0.25) is 0 Å². The van der Waals surface area contributed by atoms with Crippen molar-refractivity contribution >= 4 is 11.7 Å². The predicted molar refractivity (Wildman–Crippen MR) is 97.0 cm³/mol. The number of benzene rings is 1. The minimum absolute atomic E-state index is 0.0288. The van der Waals surface area contributed by atoms with Gasteiger partial charge in [0.1, 0.15) is 12.1 Å². The predicted octanol–water partition coefficient (Wildman–Crippen LogP) is 2.76. The maximum Gasteiger partial charge on any atom is 0.253 e. The normalized spacial score (nSPS) is 16.8. The Labute approximate surface area is 148 Å². The van der Waals surface area contributed by atoms with Crippen LogP contribution in [0.15, 0.2) is 36.7 Å². The van der Waals surface area contributed by atoms with Crippen LogP contribution in [0.4, 0.5) is 5.82 Å². The zero-order valence-electron chi connectivity index (χ0n) is 14.5. The minimum Gasteiger partial charge on any atom is -0.384 e. The quantitative estimate of drug-likeness (QED) is 0.874. The van der Waals surface area contributed by atoms with Gasteiger partial charge in [0.25, 0.3) is 5.91 Å². The first kappa shape index (κ1) is 17.4. The molecule has 3 rings (SSSR count). The number of nitrogens with two attached hydrogens (primary N) is 1. The Morgan fingerprint density at radius 1 is 1.32 bits per heavy atom. The third-order valence-corrected chi connectivity index (χ3v) is 4.51. The molecule has 0 spiro atoms. The smallest absolute Gasteiger partial charge is 0.253 e. The molecule has 0 aliphatic carbocycles. The first-order valence-electron chi connectivity index (χ1n) is 8.68. The average Bonchev–Trinajstić information content (AvgIpc) is 3.14. The van der Waals surface area contributed by atoms with Crippen molar-refractivity contribution in [3.63, 3.8) is 0 Å². The number of carbonyl (C=O) groups excluding carboxylic acids is 1. The van der Waals surface area contributed by atoms with Gasteiger partial charge in [0.05, 0.1) is 11.8 Å². The summed E-state index contributed by atoms with van der Waals surface area (Å²) in [7, 11) is 1.84. The Balaban J connectivity index is 1.56. The molecule has 25 heavy (non-hydrogen) atoms. The van der Waals surface area contributed by atoms with E-state index in [1.165, 1.54) is 6.33 Å². The lowest BCUT2D eigenvalue weighted by molar-refractivity contribution is 0.0763. The third-order valence-electron chi connectivity index (χ3n) is 4.51. The van der Waals surface area contributed by atoms with Crippen LogP contribution in [0, 0.1) is 0 Å². The fourth-order valence-corrected chi connectivity index (χ4v) is 3.06. The fraction of sp³-hybridized carbons (Fsp3) is 0.421. The number of nitrogen functional groups attached to an aromatic ring is 1. The summed E-state index contributed by atoms with van der Waals surface area (Å²) in [6.45, 7) is 1.62. The van der Waals surface area contributed by atoms with Gasteiger partial charge < -0.3 is 15.4 Å². The first-order valence-corrected chi connectivity index (χ1v) is 8.68. The number of carbonyl (C=O) groups is 1. The van der Waals surface area contributed by atoms with Gasteiger partial charge in [-0.05, 0) is 37.8 Å². The number of anilines is 1. The van der Waals surface area contributed by atoms with Crippen LogP contribution in [0.25, 0.3) is 11.3 Å². The van der Waals surface area contributed by atoms with Crippen molar-refractivity contribution in [2.24, 2.45) is 0 Å². The molecule has 0 bridgehead atoms. The Hall–Kier alpha value is -2.47. The summed E-state index contributed by atoms with van der Waals surface area (Å²) in [5, 5.41) is 0. The van der Waals surface area contributed by atoms with Crippen molar-refractivity contribution in [1.29, 1.82) is 0 Å². The molecule has 1 aliphatic rings. The Bertz CT molecular complexity index is 712. The van der Waals surface area contributed by atoms with Gasteiger partial charge in [-0.2, -0.15) is 0 Å². The van der Waals surface area contributed by atoms with Gasteiger partial charge in [-0.15, -0.1) is 0 Å². The lowest BCUT2D eigenvalue weighted by atomic mass is 10.1. The monoisotopic (exact) mass is 340 g/mol. The number of ether oxygens (including phenoxy) is 1. The van der Waals surface area contributed by atoms with Crippen LogP contribution >= 0.6 is 0 Å². The molecule has 0 saturated carbocycles. The van der Waals surface area contributed by atoms with Gasteiger partial charge in [0.15, 0.2) is 0 Å². The highest BCUT2D eigenvalue weighted by Gasteiger charge is 2.16. The topological polar surface area (TPSA) is 81.3 Å². The van der Waals surface area contributed by atoms with E-state index in [-0.39, 0.29) is 5.91 Å². The molecule has 1 atom stereocenters. The number of amides is 1. The largest absolute Gasteiger partial charge is 0.384 e. The summed E-state index contributed by atoms with van der Waals surface area (Å²) >= 11 is 0. The number of rotatable bonds is 6. The molecule has 1 aliphatic heterocycles. The van der Waals surface area contributed by atoms with Crippen LogP contribution in [0.1, 0.15) is 36.0 Å². The number of aromatic nitrogens is 2. The Kier molecular flexibility index (Phi) is 5.60. The van der Waals surface area contributed by atoms with E-state index < -0.39 is 0 Å². The molecule has 2 N–H and O–H groups in total. The van der Waals surface area contributed by atoms with Gasteiger partial charge in [0, 0.05) is 37.4 Å². The number of nitrogens with zero attached hydrogens (tertiary/aromatic N) is 3. The minimum atomic E-state index is 0.0288. The van der Waals surface area contributed by atoms with Crippen LogP contribution in [-0.2, 0) is 4.74 Å². The maximum atomic E-state index is 12.5. The van der Waals surface area contributed by atoms with Gasteiger partial charge >= 0.3 is 0 Å². The second-order valence-corrected chi connectivity index (χ2v) is 6.41. The van der Waals surface area contributed by atoms with Crippen molar-refractivity contribution < 1.29 is 9.53 Å². The van der Waals surface area contributed by atoms with Crippen molar-refractivity contribution in [3.8, 4) is 11.3 Å². The molecule has 0 unspecified atom stereocenters. The molecule has 6 nitrogen and oxygen atoms in total. The summed E-state index contributed by atoms with van der Waals surface area (Å²) in [5.41, 5.74) is 8.01. The molecule has 2 aromatic rings. The highest BCUT2D eigenvalue weighted by Crippen LogP contribution is 2.20. The molecular formula is C19H24N4O2. The molecule has 1 saturated heterocycles. The Morgan fingerprint density at radius 3 is 2.80 bits per heavy atom. The summed E-state index contributed by atoms with van der Waals surface area (Å²) < 4.78 is 5.62. The summed E-state index contributed by atoms with van der Waals surface area (Å²) in [6, 6.07) is 9.14. The summed E-state index contributed by atoms with van der Waals surface area (Å²) in [4.78, 5) is 22.4. The lowest BCUT2D eigenvalue weighted by Crippen LogP contribution is -2.28. The van der Waals surface area contributed by atoms with E-state index in [2.05, 4.69) is 9.97 Å². The van der Waals surface area contributed by atoms with Gasteiger partial charge in [-0.1, -0.05) is 12.1 Å². The van der Waals surface area contributed by atoms with Crippen molar-refractivity contribution in [3.05, 3.63) is 42.2 Å². The number of hydrogen-bond acceptors (Lipinski definition) is 5. The van der Waals surface area contributed by atoms with Crippen molar-refractivity contribution in [1.82, 2.24) is 14.9 Å². The highest BCUT2D eigenvalue weighted by atomic mass is 16.5. The molecule has 6 heteroatoms. The first-order chi connectivity index (χ1) is 12.1. The molecule has 132 valence electrons. The van der Waals surface area contributed by atoms with Gasteiger partial charge in [-0.25, -0.2) is 9.97 Å². The second-order valence-electron chi connectivity index (χ2n) is 6.41. The van der Waals surface area contributed by atoms with E-state index >= 15 is 0 Å². The summed E-state index contributed by atoms with van der Waals surface area (Å²) in [6.07, 6.45) is 6.10. The van der Waals surface area contributed by atoms with E-state index in [0.717, 1.165) is 50.1 Å². The number of hydrogen-bond donors (Lipinski definition) is 1. The molecule has 1 fully saturated rings. The zero-order valence-corrected chi connectivity index (χ0v) is 14.5. The standard InChI is InChI=1S/C19H24N4O2/c1-23(10-2-4-16-5-3-11-25-16)19(24)15-8-6-14(7-9-15)17-12-18(20)22-13-21-17/h6-9,12-13,16H,2-5,10-11H2,1H3,(H2,20,21,22)/t16-/m0/s1. The maximum absolute atomic E-state index is 12.5. The molecular weight excluding hydrogens is 316 g/mol. The third kappa shape index (κ3) is 4.54. The second kappa shape index (κ2) is 8.07. The SMILES string of the molecule is CN(CCC[C@H]1CCCO1)C(=O)c1ccc(-c2cc(N)ncn2)cc1. The van der Waals surface area contributed by atoms with E-state index in [4.69, 9.17) is 10.5 Å². The molecule has 1 amide bonds. The van der Waals surface area contributed by atoms with E-state index in [1.54, 1.807) is 11.0 Å². The average molecular weight is 340 g/mol. The fourth-order valence-electron chi connectivity index (χ4n) is 3.06. The van der Waals surface area contributed by atoms with Crippen LogP contribution < -0.4 is 5.73 Å². The molecule has 1 aromatic heterocycles. The van der Waals surface area contributed by atoms with Crippen LogP contribution in [-0.4, -0.2) is 47.1 Å². The van der Waals surface area contributed by atoms with Crippen LogP contribution in [0.5, 0.6) is 0 Å². The zero-order chi connectivity index (χ0) is 17.6. The van der Waals surface area contributed by atoms with Crippen molar-refractivity contribution in [2.75, 3.05) is 25.9 Å². The molecule has 2 heterocycles. The molecule has 0 radical (unpaired) electrons. The van der Waals surface area contributed by atoms with Gasteiger partial charge in [-0.3, -0.25) is 4.79 Å². The summed E-state index contributed by atoms with van der Waals surface area (Å²) in [5.74, 6) is 0.456. The highest BCUT2D eigenvalue weighted by molar-refractivity contribution is 5.94. The van der Waals surface area contributed by atoms with E-state index in [9.17, 15) is 4.79 Å².